The van der Waals surface area contributed by atoms with Gasteiger partial charge in [0, 0.05) is 5.92 Å². The van der Waals surface area contributed by atoms with Crippen LogP contribution in [-0.4, -0.2) is 18.9 Å². The second kappa shape index (κ2) is 7.40. The zero-order chi connectivity index (χ0) is 18.7. The molecular weight excluding hydrogens is 330 g/mol. The van der Waals surface area contributed by atoms with Gasteiger partial charge in [-0.3, -0.25) is 4.79 Å². The molecule has 26 heavy (non-hydrogen) atoms. The summed E-state index contributed by atoms with van der Waals surface area (Å²) < 4.78 is 10.5. The van der Waals surface area contributed by atoms with E-state index in [4.69, 9.17) is 9.47 Å². The van der Waals surface area contributed by atoms with Crippen molar-refractivity contribution < 1.29 is 19.1 Å². The predicted molar refractivity (Wildman–Crippen MR) is 94.9 cm³/mol. The molecule has 2 bridgehead atoms. The lowest BCUT2D eigenvalue weighted by atomic mass is 9.71. The molecular formula is C21H19NO4. The number of carbonyl (C=O) groups is 2. The molecule has 1 aromatic carbocycles. The van der Waals surface area contributed by atoms with Crippen molar-refractivity contribution in [3.05, 3.63) is 65.8 Å². The second-order valence-electron chi connectivity index (χ2n) is 6.41. The highest BCUT2D eigenvalue weighted by Crippen LogP contribution is 2.38. The normalized spacial score (nSPS) is 24.3. The van der Waals surface area contributed by atoms with E-state index in [2.05, 4.69) is 12.6 Å². The second-order valence-corrected chi connectivity index (χ2v) is 6.41. The van der Waals surface area contributed by atoms with Crippen LogP contribution in [0.4, 0.5) is 0 Å². The minimum absolute atomic E-state index is 0.0434. The topological polar surface area (TPSA) is 76.4 Å². The number of rotatable bonds is 4. The number of nitrogens with zero attached hydrogens (tertiary/aromatic N) is 1. The molecule has 0 aliphatic heterocycles. The first kappa shape index (κ1) is 17.7. The van der Waals surface area contributed by atoms with Crippen LogP contribution in [0.1, 0.15) is 12.0 Å². The Labute approximate surface area is 152 Å². The zero-order valence-corrected chi connectivity index (χ0v) is 14.5. The van der Waals surface area contributed by atoms with Gasteiger partial charge in [-0.1, -0.05) is 42.5 Å². The molecule has 0 unspecified atom stereocenters. The molecule has 0 amide bonds. The molecule has 132 valence electrons. The Bertz CT molecular complexity index is 842. The van der Waals surface area contributed by atoms with Crippen LogP contribution < -0.4 is 4.74 Å². The molecule has 0 N–H and O–H groups in total. The van der Waals surface area contributed by atoms with Gasteiger partial charge in [-0.2, -0.15) is 5.26 Å². The van der Waals surface area contributed by atoms with Crippen LogP contribution in [0, 0.1) is 29.1 Å². The largest absolute Gasteiger partial charge is 0.497 e. The van der Waals surface area contributed by atoms with Gasteiger partial charge >= 0.3 is 5.97 Å². The monoisotopic (exact) mass is 349 g/mol. The van der Waals surface area contributed by atoms with Crippen molar-refractivity contribution in [3.63, 3.8) is 0 Å². The minimum atomic E-state index is -0.547. The lowest BCUT2D eigenvalue weighted by Gasteiger charge is -2.29. The third-order valence-electron chi connectivity index (χ3n) is 4.74. The fourth-order valence-corrected chi connectivity index (χ4v) is 3.26. The van der Waals surface area contributed by atoms with E-state index in [0.29, 0.717) is 12.0 Å². The molecule has 0 radical (unpaired) electrons. The number of benzene rings is 1. The van der Waals surface area contributed by atoms with E-state index in [1.165, 1.54) is 0 Å². The summed E-state index contributed by atoms with van der Waals surface area (Å²) >= 11 is 0. The predicted octanol–water partition coefficient (Wildman–Crippen LogP) is 3.14. The van der Waals surface area contributed by atoms with Gasteiger partial charge in [0.25, 0.3) is 0 Å². The molecule has 3 atom stereocenters. The summed E-state index contributed by atoms with van der Waals surface area (Å²) in [5.41, 5.74) is 1.91. The molecule has 2 aliphatic carbocycles. The van der Waals surface area contributed by atoms with E-state index in [-0.39, 0.29) is 12.4 Å². The number of hydrogen-bond acceptors (Lipinski definition) is 5. The van der Waals surface area contributed by atoms with Crippen molar-refractivity contribution in [2.75, 3.05) is 7.11 Å². The number of ketones is 1. The maximum Gasteiger partial charge on any atom is 0.338 e. The molecule has 5 heteroatoms. The van der Waals surface area contributed by atoms with E-state index in [1.54, 1.807) is 37.5 Å². The quantitative estimate of drug-likeness (QED) is 0.616. The number of Topliss-reactive ketones (excluding diaryl/α,β-unsaturated/α-hetero) is 1. The molecule has 0 spiro atoms. The molecule has 2 aliphatic rings. The van der Waals surface area contributed by atoms with Crippen LogP contribution >= 0.6 is 0 Å². The number of methoxy groups -OCH3 is 1. The van der Waals surface area contributed by atoms with Crippen molar-refractivity contribution in [1.82, 2.24) is 0 Å². The third kappa shape index (κ3) is 3.45. The summed E-state index contributed by atoms with van der Waals surface area (Å²) in [4.78, 5) is 24.9. The van der Waals surface area contributed by atoms with E-state index >= 15 is 0 Å². The van der Waals surface area contributed by atoms with Gasteiger partial charge in [0.1, 0.15) is 18.1 Å². The highest BCUT2D eigenvalue weighted by molar-refractivity contribution is 5.96. The fraction of sp³-hybridized carbons (Fsp3) is 0.286. The maximum absolute atomic E-state index is 12.5. The molecule has 0 saturated heterocycles. The van der Waals surface area contributed by atoms with Gasteiger partial charge in [0.15, 0.2) is 0 Å². The SMILES string of the molecule is C=C1C[C@@H]2C=C(C(=O)OCc3ccc(OC)cc3)C=C[C@@H](C2=O)[C@@H]1C#N. The Morgan fingerprint density at radius 1 is 1.35 bits per heavy atom. The third-order valence-corrected chi connectivity index (χ3v) is 4.74. The van der Waals surface area contributed by atoms with Gasteiger partial charge in [0.2, 0.25) is 0 Å². The van der Waals surface area contributed by atoms with Crippen LogP contribution in [0.15, 0.2) is 60.2 Å². The molecule has 1 saturated carbocycles. The Hall–Kier alpha value is -3.13. The molecule has 0 heterocycles. The highest BCUT2D eigenvalue weighted by Gasteiger charge is 2.39. The van der Waals surface area contributed by atoms with Crippen molar-refractivity contribution >= 4 is 11.8 Å². The Morgan fingerprint density at radius 3 is 2.73 bits per heavy atom. The first-order valence-electron chi connectivity index (χ1n) is 8.34. The number of hydrogen-bond donors (Lipinski definition) is 0. The van der Waals surface area contributed by atoms with E-state index < -0.39 is 23.7 Å². The lowest BCUT2D eigenvalue weighted by Crippen LogP contribution is -2.33. The van der Waals surface area contributed by atoms with Crippen LogP contribution in [0.25, 0.3) is 0 Å². The number of allylic oxidation sites excluding steroid dienone is 3. The summed E-state index contributed by atoms with van der Waals surface area (Å²) in [7, 11) is 1.59. The molecule has 1 aromatic rings. The molecule has 0 aromatic heterocycles. The maximum atomic E-state index is 12.5. The van der Waals surface area contributed by atoms with Crippen LogP contribution in [0.2, 0.25) is 0 Å². The standard InChI is InChI=1S/C21H19NO4/c1-13-9-16-10-15(5-8-18(20(16)23)19(13)11-22)21(24)26-12-14-3-6-17(25-2)7-4-14/h3-8,10,16,18-19H,1,9,12H2,2H3/t16-,18-,19-/m1/s1. The van der Waals surface area contributed by atoms with E-state index in [0.717, 1.165) is 16.9 Å². The van der Waals surface area contributed by atoms with Gasteiger partial charge in [-0.15, -0.1) is 0 Å². The number of carbonyl (C=O) groups excluding carboxylic acids is 2. The minimum Gasteiger partial charge on any atom is -0.497 e. The first-order valence-corrected chi connectivity index (χ1v) is 8.34. The Balaban J connectivity index is 1.72. The fourth-order valence-electron chi connectivity index (χ4n) is 3.26. The van der Waals surface area contributed by atoms with Gasteiger partial charge < -0.3 is 9.47 Å². The average Bonchev–Trinajstić information content (AvgIpc) is 2.76. The average molecular weight is 349 g/mol. The zero-order valence-electron chi connectivity index (χ0n) is 14.5. The summed E-state index contributed by atoms with van der Waals surface area (Å²) in [6, 6.07) is 9.38. The Kier molecular flexibility index (Phi) is 5.04. The number of esters is 1. The van der Waals surface area contributed by atoms with Gasteiger partial charge in [-0.25, -0.2) is 4.79 Å². The van der Waals surface area contributed by atoms with Crippen LogP contribution in [0.5, 0.6) is 5.75 Å². The van der Waals surface area contributed by atoms with Crippen molar-refractivity contribution in [2.24, 2.45) is 17.8 Å². The number of nitriles is 1. The molecule has 3 rings (SSSR count). The highest BCUT2D eigenvalue weighted by atomic mass is 16.5. The van der Waals surface area contributed by atoms with Gasteiger partial charge in [-0.05, 0) is 24.1 Å². The summed E-state index contributed by atoms with van der Waals surface area (Å²) in [5, 5.41) is 9.29. The van der Waals surface area contributed by atoms with E-state index in [1.807, 2.05) is 12.1 Å². The smallest absolute Gasteiger partial charge is 0.338 e. The first-order chi connectivity index (χ1) is 12.5. The van der Waals surface area contributed by atoms with Crippen LogP contribution in [0.3, 0.4) is 0 Å². The van der Waals surface area contributed by atoms with E-state index in [9.17, 15) is 14.9 Å². The summed E-state index contributed by atoms with van der Waals surface area (Å²) in [6.45, 7) is 4.05. The van der Waals surface area contributed by atoms with Crippen molar-refractivity contribution in [2.45, 2.75) is 13.0 Å². The Morgan fingerprint density at radius 2 is 2.08 bits per heavy atom. The van der Waals surface area contributed by atoms with Crippen molar-refractivity contribution in [3.8, 4) is 11.8 Å². The summed E-state index contributed by atoms with van der Waals surface area (Å²) in [6.07, 6.45) is 5.24. The number of ether oxygens (including phenoxy) is 2. The molecule has 1 fully saturated rings. The summed E-state index contributed by atoms with van der Waals surface area (Å²) in [5.74, 6) is -1.31. The van der Waals surface area contributed by atoms with Crippen LogP contribution in [-0.2, 0) is 20.9 Å². The van der Waals surface area contributed by atoms with Crippen molar-refractivity contribution in [1.29, 1.82) is 5.26 Å². The number of fused-ring (bicyclic) bond motifs is 2. The lowest BCUT2D eigenvalue weighted by molar-refractivity contribution is -0.139. The molecule has 5 nitrogen and oxygen atoms in total. The van der Waals surface area contributed by atoms with Gasteiger partial charge in [0.05, 0.1) is 30.6 Å².